The lowest BCUT2D eigenvalue weighted by Gasteiger charge is -2.33. The van der Waals surface area contributed by atoms with E-state index in [1.807, 2.05) is 6.92 Å². The van der Waals surface area contributed by atoms with Gasteiger partial charge in [0, 0.05) is 18.6 Å². The number of carbonyl (C=O) groups excluding carboxylic acids is 2. The predicted octanol–water partition coefficient (Wildman–Crippen LogP) is 5.06. The second kappa shape index (κ2) is 13.2. The average Bonchev–Trinajstić information content (AvgIpc) is 2.92. The van der Waals surface area contributed by atoms with Crippen LogP contribution >= 0.6 is 23.2 Å². The average molecular weight is 593 g/mol. The zero-order valence-electron chi connectivity index (χ0n) is 22.1. The van der Waals surface area contributed by atoms with Crippen molar-refractivity contribution in [3.05, 3.63) is 87.9 Å². The first-order valence-corrected chi connectivity index (χ1v) is 14.4. The first-order chi connectivity index (χ1) is 18.5. The van der Waals surface area contributed by atoms with E-state index in [1.54, 1.807) is 43.3 Å². The molecule has 8 nitrogen and oxygen atoms in total. The van der Waals surface area contributed by atoms with Crippen molar-refractivity contribution in [1.29, 1.82) is 0 Å². The van der Waals surface area contributed by atoms with Gasteiger partial charge in [-0.05, 0) is 55.3 Å². The summed E-state index contributed by atoms with van der Waals surface area (Å²) in [4.78, 5) is 28.1. The number of hydrogen-bond acceptors (Lipinski definition) is 5. The maximum atomic E-state index is 13.9. The molecule has 39 heavy (non-hydrogen) atoms. The molecule has 2 amide bonds. The Labute approximate surface area is 239 Å². The first kappa shape index (κ1) is 30.3. The topological polar surface area (TPSA) is 96.0 Å². The summed E-state index contributed by atoms with van der Waals surface area (Å²) in [5.41, 5.74) is 1.67. The van der Waals surface area contributed by atoms with Gasteiger partial charge < -0.3 is 15.0 Å². The summed E-state index contributed by atoms with van der Waals surface area (Å²) in [6.07, 6.45) is 0.301. The SMILES string of the molecule is CCC(C(=O)NC)N(Cc1ccccc1Cl)C(=O)CN(c1ccc(OC)c(Cl)c1)S(=O)(=O)c1ccc(C)cc1. The predicted molar refractivity (Wildman–Crippen MR) is 154 cm³/mol. The molecule has 0 spiro atoms. The highest BCUT2D eigenvalue weighted by Crippen LogP contribution is 2.32. The quantitative estimate of drug-likeness (QED) is 0.336. The summed E-state index contributed by atoms with van der Waals surface area (Å²) in [6.45, 7) is 3.04. The molecule has 0 fully saturated rings. The third-order valence-corrected chi connectivity index (χ3v) is 8.69. The van der Waals surface area contributed by atoms with Crippen LogP contribution in [0.1, 0.15) is 24.5 Å². The number of halogens is 2. The lowest BCUT2D eigenvalue weighted by molar-refractivity contribution is -0.140. The number of methoxy groups -OCH3 is 1. The number of nitrogens with zero attached hydrogens (tertiary/aromatic N) is 2. The second-order valence-corrected chi connectivity index (χ2v) is 11.5. The van der Waals surface area contributed by atoms with E-state index in [4.69, 9.17) is 27.9 Å². The van der Waals surface area contributed by atoms with Gasteiger partial charge in [-0.3, -0.25) is 13.9 Å². The van der Waals surface area contributed by atoms with Gasteiger partial charge in [-0.1, -0.05) is 66.0 Å². The standard InChI is InChI=1S/C28H31Cl2N3O5S/c1-5-25(28(35)31-3)32(17-20-8-6-7-9-23(20)29)27(34)18-33(21-12-15-26(38-4)24(30)16-21)39(36,37)22-13-10-19(2)11-14-22/h6-16,25H,5,17-18H2,1-4H3,(H,31,35). The molecule has 3 aromatic carbocycles. The van der Waals surface area contributed by atoms with Crippen LogP contribution in [0.3, 0.4) is 0 Å². The number of likely N-dealkylation sites (N-methyl/N-ethyl adjacent to an activating group) is 1. The van der Waals surface area contributed by atoms with Crippen LogP contribution in [-0.2, 0) is 26.2 Å². The highest BCUT2D eigenvalue weighted by molar-refractivity contribution is 7.92. The third-order valence-electron chi connectivity index (χ3n) is 6.24. The van der Waals surface area contributed by atoms with E-state index in [0.29, 0.717) is 22.8 Å². The van der Waals surface area contributed by atoms with Crippen LogP contribution in [0.15, 0.2) is 71.6 Å². The summed E-state index contributed by atoms with van der Waals surface area (Å²) in [7, 11) is -1.29. The molecular weight excluding hydrogens is 561 g/mol. The minimum Gasteiger partial charge on any atom is -0.495 e. The molecule has 0 radical (unpaired) electrons. The van der Waals surface area contributed by atoms with Gasteiger partial charge in [-0.25, -0.2) is 8.42 Å². The zero-order chi connectivity index (χ0) is 28.7. The Balaban J connectivity index is 2.11. The van der Waals surface area contributed by atoms with Crippen molar-refractivity contribution < 1.29 is 22.7 Å². The molecule has 0 heterocycles. The first-order valence-electron chi connectivity index (χ1n) is 12.2. The fraction of sp³-hybridized carbons (Fsp3) is 0.286. The molecule has 11 heteroatoms. The number of sulfonamides is 1. The van der Waals surface area contributed by atoms with Gasteiger partial charge >= 0.3 is 0 Å². The van der Waals surface area contributed by atoms with Gasteiger partial charge in [0.1, 0.15) is 18.3 Å². The van der Waals surface area contributed by atoms with Crippen LogP contribution in [0.4, 0.5) is 5.69 Å². The van der Waals surface area contributed by atoms with Crippen molar-refractivity contribution in [2.45, 2.75) is 37.8 Å². The summed E-state index contributed by atoms with van der Waals surface area (Å²) in [6, 6.07) is 16.9. The maximum absolute atomic E-state index is 13.9. The highest BCUT2D eigenvalue weighted by atomic mass is 35.5. The Morgan fingerprint density at radius 1 is 1.00 bits per heavy atom. The van der Waals surface area contributed by atoms with Crippen molar-refractivity contribution >= 4 is 50.7 Å². The van der Waals surface area contributed by atoms with E-state index in [0.717, 1.165) is 9.87 Å². The Morgan fingerprint density at radius 2 is 1.67 bits per heavy atom. The van der Waals surface area contributed by atoms with Crippen LogP contribution in [-0.4, -0.2) is 51.9 Å². The van der Waals surface area contributed by atoms with Crippen molar-refractivity contribution in [3.8, 4) is 5.75 Å². The zero-order valence-corrected chi connectivity index (χ0v) is 24.5. The molecule has 3 aromatic rings. The van der Waals surface area contributed by atoms with Crippen LogP contribution < -0.4 is 14.4 Å². The molecule has 0 aromatic heterocycles. The maximum Gasteiger partial charge on any atom is 0.264 e. The summed E-state index contributed by atoms with van der Waals surface area (Å²) >= 11 is 12.7. The summed E-state index contributed by atoms with van der Waals surface area (Å²) in [5.74, 6) is -0.614. The van der Waals surface area contributed by atoms with Crippen molar-refractivity contribution in [2.75, 3.05) is 25.0 Å². The van der Waals surface area contributed by atoms with E-state index in [1.165, 1.54) is 49.4 Å². The number of benzene rings is 3. The van der Waals surface area contributed by atoms with Gasteiger partial charge in [0.05, 0.1) is 22.7 Å². The number of hydrogen-bond donors (Lipinski definition) is 1. The number of aryl methyl sites for hydroxylation is 1. The van der Waals surface area contributed by atoms with Crippen molar-refractivity contribution in [2.24, 2.45) is 0 Å². The molecule has 1 unspecified atom stereocenters. The number of anilines is 1. The van der Waals surface area contributed by atoms with Gasteiger partial charge in [0.2, 0.25) is 11.8 Å². The second-order valence-electron chi connectivity index (χ2n) is 8.79. The Hall–Kier alpha value is -3.27. The molecule has 0 saturated heterocycles. The minimum absolute atomic E-state index is 0.00355. The van der Waals surface area contributed by atoms with E-state index >= 15 is 0 Å². The fourth-order valence-electron chi connectivity index (χ4n) is 4.07. The Morgan fingerprint density at radius 3 is 2.23 bits per heavy atom. The van der Waals surface area contributed by atoms with Crippen molar-refractivity contribution in [1.82, 2.24) is 10.2 Å². The van der Waals surface area contributed by atoms with Crippen LogP contribution in [0, 0.1) is 6.92 Å². The fourth-order valence-corrected chi connectivity index (χ4v) is 5.93. The lowest BCUT2D eigenvalue weighted by atomic mass is 10.1. The monoisotopic (exact) mass is 591 g/mol. The van der Waals surface area contributed by atoms with Crippen molar-refractivity contribution in [3.63, 3.8) is 0 Å². The molecule has 1 atom stereocenters. The molecule has 0 saturated carbocycles. The van der Waals surface area contributed by atoms with E-state index in [9.17, 15) is 18.0 Å². The molecular formula is C28H31Cl2N3O5S. The summed E-state index contributed by atoms with van der Waals surface area (Å²) in [5, 5.41) is 3.19. The number of rotatable bonds is 11. The molecule has 0 aliphatic heterocycles. The number of nitrogens with one attached hydrogen (secondary N) is 1. The van der Waals surface area contributed by atoms with Gasteiger partial charge in [-0.2, -0.15) is 0 Å². The molecule has 0 aliphatic rings. The van der Waals surface area contributed by atoms with Gasteiger partial charge in [0.25, 0.3) is 10.0 Å². The van der Waals surface area contributed by atoms with Crippen LogP contribution in [0.2, 0.25) is 10.0 Å². The Kier molecular flexibility index (Phi) is 10.2. The third kappa shape index (κ3) is 7.03. The molecule has 208 valence electrons. The van der Waals surface area contributed by atoms with Gasteiger partial charge in [-0.15, -0.1) is 0 Å². The van der Waals surface area contributed by atoms with Crippen LogP contribution in [0.5, 0.6) is 5.75 Å². The highest BCUT2D eigenvalue weighted by Gasteiger charge is 2.34. The minimum atomic E-state index is -4.22. The molecule has 0 aliphatic carbocycles. The Bertz CT molecular complexity index is 1430. The molecule has 0 bridgehead atoms. The number of carbonyl (C=O) groups is 2. The van der Waals surface area contributed by atoms with E-state index < -0.39 is 28.5 Å². The summed E-state index contributed by atoms with van der Waals surface area (Å²) < 4.78 is 34.0. The molecule has 1 N–H and O–H groups in total. The van der Waals surface area contributed by atoms with E-state index in [2.05, 4.69) is 5.32 Å². The number of ether oxygens (including phenoxy) is 1. The lowest BCUT2D eigenvalue weighted by Crippen LogP contribution is -2.51. The van der Waals surface area contributed by atoms with E-state index in [-0.39, 0.29) is 28.1 Å². The molecule has 3 rings (SSSR count). The number of amides is 2. The normalized spacial score (nSPS) is 11.9. The smallest absolute Gasteiger partial charge is 0.264 e. The van der Waals surface area contributed by atoms with Gasteiger partial charge in [0.15, 0.2) is 0 Å². The van der Waals surface area contributed by atoms with Crippen LogP contribution in [0.25, 0.3) is 0 Å². The largest absolute Gasteiger partial charge is 0.495 e.